The number of amides is 1. The summed E-state index contributed by atoms with van der Waals surface area (Å²) in [5.74, 6) is 0.549. The van der Waals surface area contributed by atoms with Gasteiger partial charge in [-0.2, -0.15) is 0 Å². The Labute approximate surface area is 128 Å². The summed E-state index contributed by atoms with van der Waals surface area (Å²) in [6, 6.07) is 1.70. The summed E-state index contributed by atoms with van der Waals surface area (Å²) in [7, 11) is 0. The number of rotatable bonds is 2. The molecular formula is C13H13BrN4O3. The molecule has 1 aliphatic heterocycles. The highest BCUT2D eigenvalue weighted by molar-refractivity contribution is 9.10. The van der Waals surface area contributed by atoms with E-state index in [1.54, 1.807) is 0 Å². The first-order valence-corrected chi connectivity index (χ1v) is 7.30. The number of hydrogen-bond acceptors (Lipinski definition) is 4. The van der Waals surface area contributed by atoms with E-state index in [9.17, 15) is 14.9 Å². The zero-order valence-corrected chi connectivity index (χ0v) is 13.1. The largest absolute Gasteiger partial charge is 0.346 e. The number of aromatic nitrogens is 2. The Kier molecular flexibility index (Phi) is 3.20. The number of carbonyl (C=O) groups excluding carboxylic acids is 1. The standard InChI is InChI=1S/C13H13BrN4O3/c1-6-5-9-11(12(10(6)14)18(20)21)16-13-8(15-7(2)19)3-4-17(9)13/h5,8H,3-4H2,1-2H3,(H,15,19). The molecule has 3 rings (SSSR count). The summed E-state index contributed by atoms with van der Waals surface area (Å²) in [5.41, 5.74) is 1.88. The Morgan fingerprint density at radius 1 is 1.62 bits per heavy atom. The third-order valence-corrected chi connectivity index (χ3v) is 4.68. The second-order valence-electron chi connectivity index (χ2n) is 5.14. The molecule has 2 aromatic rings. The number of aryl methyl sites for hydroxylation is 2. The lowest BCUT2D eigenvalue weighted by molar-refractivity contribution is -0.384. The smallest absolute Gasteiger partial charge is 0.311 e. The molecule has 1 aromatic heterocycles. The molecule has 1 aliphatic rings. The molecule has 2 heterocycles. The van der Waals surface area contributed by atoms with E-state index < -0.39 is 4.92 Å². The number of benzene rings is 1. The van der Waals surface area contributed by atoms with Gasteiger partial charge in [-0.3, -0.25) is 14.9 Å². The number of fused-ring (bicyclic) bond motifs is 3. The monoisotopic (exact) mass is 352 g/mol. The molecule has 7 nitrogen and oxygen atoms in total. The Bertz CT molecular complexity index is 784. The van der Waals surface area contributed by atoms with Crippen molar-refractivity contribution < 1.29 is 9.72 Å². The van der Waals surface area contributed by atoms with Gasteiger partial charge in [0.15, 0.2) is 5.52 Å². The molecule has 1 aromatic carbocycles. The lowest BCUT2D eigenvalue weighted by atomic mass is 10.2. The summed E-state index contributed by atoms with van der Waals surface area (Å²) < 4.78 is 2.40. The maximum atomic E-state index is 11.3. The zero-order chi connectivity index (χ0) is 15.3. The van der Waals surface area contributed by atoms with Crippen LogP contribution in [0.25, 0.3) is 11.0 Å². The molecule has 0 saturated carbocycles. The Morgan fingerprint density at radius 3 is 2.95 bits per heavy atom. The first-order valence-electron chi connectivity index (χ1n) is 6.51. The molecule has 110 valence electrons. The van der Waals surface area contributed by atoms with Crippen molar-refractivity contribution in [2.75, 3.05) is 0 Å². The van der Waals surface area contributed by atoms with E-state index in [2.05, 4.69) is 26.2 Å². The molecule has 8 heteroatoms. The molecular weight excluding hydrogens is 340 g/mol. The summed E-state index contributed by atoms with van der Waals surface area (Å²) in [5, 5.41) is 14.2. The summed E-state index contributed by atoms with van der Waals surface area (Å²) in [6.45, 7) is 3.96. The van der Waals surface area contributed by atoms with Gasteiger partial charge in [0.05, 0.1) is 16.5 Å². The fraction of sp³-hybridized carbons (Fsp3) is 0.385. The van der Waals surface area contributed by atoms with Gasteiger partial charge in [0.2, 0.25) is 5.91 Å². The van der Waals surface area contributed by atoms with Crippen LogP contribution >= 0.6 is 15.9 Å². The first kappa shape index (κ1) is 14.0. The number of hydrogen-bond donors (Lipinski definition) is 1. The summed E-state index contributed by atoms with van der Waals surface area (Å²) in [6.07, 6.45) is 0.751. The Morgan fingerprint density at radius 2 is 2.33 bits per heavy atom. The van der Waals surface area contributed by atoms with E-state index in [0.29, 0.717) is 22.4 Å². The van der Waals surface area contributed by atoms with E-state index in [-0.39, 0.29) is 17.6 Å². The minimum absolute atomic E-state index is 0.0199. The van der Waals surface area contributed by atoms with Crippen LogP contribution in [-0.2, 0) is 11.3 Å². The van der Waals surface area contributed by atoms with Crippen molar-refractivity contribution in [3.63, 3.8) is 0 Å². The quantitative estimate of drug-likeness (QED) is 0.664. The number of nitrogens with zero attached hydrogens (tertiary/aromatic N) is 3. The maximum Gasteiger partial charge on any atom is 0.311 e. The minimum atomic E-state index is -0.421. The second-order valence-corrected chi connectivity index (χ2v) is 5.94. The van der Waals surface area contributed by atoms with Gasteiger partial charge >= 0.3 is 5.69 Å². The Hall–Kier alpha value is -1.96. The van der Waals surface area contributed by atoms with Crippen LogP contribution in [0.5, 0.6) is 0 Å². The molecule has 0 spiro atoms. The van der Waals surface area contributed by atoms with Crippen molar-refractivity contribution in [1.82, 2.24) is 14.9 Å². The van der Waals surface area contributed by atoms with Crippen LogP contribution < -0.4 is 5.32 Å². The number of nitrogens with one attached hydrogen (secondary N) is 1. The van der Waals surface area contributed by atoms with Gasteiger partial charge in [0, 0.05) is 13.5 Å². The number of nitro groups is 1. The topological polar surface area (TPSA) is 90.1 Å². The van der Waals surface area contributed by atoms with E-state index in [0.717, 1.165) is 17.5 Å². The van der Waals surface area contributed by atoms with Gasteiger partial charge in [0.25, 0.3) is 0 Å². The molecule has 21 heavy (non-hydrogen) atoms. The molecule has 0 aliphatic carbocycles. The lowest BCUT2D eigenvalue weighted by Crippen LogP contribution is -2.24. The number of halogens is 1. The highest BCUT2D eigenvalue weighted by Crippen LogP contribution is 2.39. The third-order valence-electron chi connectivity index (χ3n) is 3.68. The third kappa shape index (κ3) is 2.10. The van der Waals surface area contributed by atoms with Crippen LogP contribution in [-0.4, -0.2) is 20.4 Å². The van der Waals surface area contributed by atoms with Gasteiger partial charge in [0.1, 0.15) is 10.3 Å². The van der Waals surface area contributed by atoms with Crippen molar-refractivity contribution in [3.8, 4) is 0 Å². The highest BCUT2D eigenvalue weighted by atomic mass is 79.9. The predicted molar refractivity (Wildman–Crippen MR) is 80.0 cm³/mol. The zero-order valence-electron chi connectivity index (χ0n) is 11.5. The average Bonchev–Trinajstić information content (AvgIpc) is 2.91. The molecule has 1 amide bonds. The number of imidazole rings is 1. The first-order chi connectivity index (χ1) is 9.90. The summed E-state index contributed by atoms with van der Waals surface area (Å²) in [4.78, 5) is 26.6. The van der Waals surface area contributed by atoms with E-state index >= 15 is 0 Å². The van der Waals surface area contributed by atoms with Gasteiger partial charge in [-0.05, 0) is 40.9 Å². The van der Waals surface area contributed by atoms with Crippen molar-refractivity contribution in [1.29, 1.82) is 0 Å². The average molecular weight is 353 g/mol. The van der Waals surface area contributed by atoms with Crippen LogP contribution in [0.15, 0.2) is 10.5 Å². The molecule has 0 fully saturated rings. The number of carbonyl (C=O) groups is 1. The fourth-order valence-corrected chi connectivity index (χ4v) is 3.25. The number of nitro benzene ring substituents is 1. The molecule has 1 unspecified atom stereocenters. The molecule has 0 saturated heterocycles. The van der Waals surface area contributed by atoms with Crippen molar-refractivity contribution in [2.24, 2.45) is 0 Å². The molecule has 1 atom stereocenters. The summed E-state index contributed by atoms with van der Waals surface area (Å²) >= 11 is 3.27. The van der Waals surface area contributed by atoms with Crippen molar-refractivity contribution >= 4 is 38.6 Å². The van der Waals surface area contributed by atoms with Crippen LogP contribution in [0.4, 0.5) is 5.69 Å². The van der Waals surface area contributed by atoms with Crippen LogP contribution in [0.3, 0.4) is 0 Å². The maximum absolute atomic E-state index is 11.3. The highest BCUT2D eigenvalue weighted by Gasteiger charge is 2.31. The fourth-order valence-electron chi connectivity index (χ4n) is 2.80. The molecule has 0 radical (unpaired) electrons. The SMILES string of the molecule is CC(=O)NC1CCn2c1nc1c([N+](=O)[O-])c(Br)c(C)cc12. The van der Waals surface area contributed by atoms with Gasteiger partial charge < -0.3 is 9.88 Å². The van der Waals surface area contributed by atoms with Crippen LogP contribution in [0.2, 0.25) is 0 Å². The predicted octanol–water partition coefficient (Wildman–Crippen LogP) is 2.60. The van der Waals surface area contributed by atoms with E-state index in [1.165, 1.54) is 6.92 Å². The normalized spacial score (nSPS) is 17.0. The van der Waals surface area contributed by atoms with Crippen molar-refractivity contribution in [3.05, 3.63) is 32.0 Å². The van der Waals surface area contributed by atoms with E-state index in [4.69, 9.17) is 0 Å². The van der Waals surface area contributed by atoms with Gasteiger partial charge in [-0.1, -0.05) is 0 Å². The lowest BCUT2D eigenvalue weighted by Gasteiger charge is -2.08. The molecule has 0 bridgehead atoms. The van der Waals surface area contributed by atoms with Crippen molar-refractivity contribution in [2.45, 2.75) is 32.9 Å². The minimum Gasteiger partial charge on any atom is -0.346 e. The van der Waals surface area contributed by atoms with E-state index in [1.807, 2.05) is 17.6 Å². The van der Waals surface area contributed by atoms with Crippen LogP contribution in [0.1, 0.15) is 30.8 Å². The van der Waals surface area contributed by atoms with Crippen LogP contribution in [0, 0.1) is 17.0 Å². The molecule has 1 N–H and O–H groups in total. The Balaban J connectivity index is 2.25. The second kappa shape index (κ2) is 4.80. The van der Waals surface area contributed by atoms with Gasteiger partial charge in [-0.25, -0.2) is 4.98 Å². The van der Waals surface area contributed by atoms with Gasteiger partial charge in [-0.15, -0.1) is 0 Å².